The minimum Gasteiger partial charge on any atom is -0.398 e. The van der Waals surface area contributed by atoms with Crippen molar-refractivity contribution in [3.05, 3.63) is 29.8 Å². The molecular weight excluding hydrogens is 258 g/mol. The van der Waals surface area contributed by atoms with Gasteiger partial charge in [-0.05, 0) is 19.1 Å². The van der Waals surface area contributed by atoms with Crippen molar-refractivity contribution in [1.29, 1.82) is 0 Å². The standard InChI is InChI=1S/C14H19N3O3/c1-10(14(19)17-6-8-20-9-7-17)16-13(18)11-4-2-3-5-12(11)15/h2-5,10H,6-9,15H2,1H3,(H,16,18). The molecule has 1 aromatic carbocycles. The number of para-hydroxylation sites is 1. The molecule has 1 aromatic rings. The summed E-state index contributed by atoms with van der Waals surface area (Å²) in [5.74, 6) is -0.437. The molecule has 0 aromatic heterocycles. The van der Waals surface area contributed by atoms with E-state index >= 15 is 0 Å². The molecule has 108 valence electrons. The number of nitrogens with one attached hydrogen (secondary N) is 1. The van der Waals surface area contributed by atoms with Crippen LogP contribution in [-0.4, -0.2) is 49.1 Å². The van der Waals surface area contributed by atoms with Gasteiger partial charge in [-0.3, -0.25) is 9.59 Å². The SMILES string of the molecule is CC(NC(=O)c1ccccc1N)C(=O)N1CCOCC1. The number of nitrogen functional groups attached to an aromatic ring is 1. The Kier molecular flexibility index (Phi) is 4.57. The molecule has 0 saturated carbocycles. The Hall–Kier alpha value is -2.08. The van der Waals surface area contributed by atoms with Crippen LogP contribution in [0, 0.1) is 0 Å². The van der Waals surface area contributed by atoms with E-state index in [4.69, 9.17) is 10.5 Å². The minimum atomic E-state index is -0.583. The number of benzene rings is 1. The molecule has 0 aliphatic carbocycles. The van der Waals surface area contributed by atoms with Crippen molar-refractivity contribution < 1.29 is 14.3 Å². The number of hydrogen-bond acceptors (Lipinski definition) is 4. The predicted octanol–water partition coefficient (Wildman–Crippen LogP) is 0.246. The lowest BCUT2D eigenvalue weighted by Gasteiger charge is -2.29. The summed E-state index contributed by atoms with van der Waals surface area (Å²) in [5.41, 5.74) is 6.53. The molecule has 20 heavy (non-hydrogen) atoms. The van der Waals surface area contributed by atoms with Gasteiger partial charge in [0.05, 0.1) is 18.8 Å². The van der Waals surface area contributed by atoms with Gasteiger partial charge in [0.25, 0.3) is 5.91 Å². The summed E-state index contributed by atoms with van der Waals surface area (Å²) in [5, 5.41) is 2.68. The maximum Gasteiger partial charge on any atom is 0.254 e. The summed E-state index contributed by atoms with van der Waals surface area (Å²) in [6, 6.07) is 6.20. The molecule has 6 nitrogen and oxygen atoms in total. The van der Waals surface area contributed by atoms with Crippen LogP contribution in [0.3, 0.4) is 0 Å². The summed E-state index contributed by atoms with van der Waals surface area (Å²) in [4.78, 5) is 25.9. The number of hydrogen-bond donors (Lipinski definition) is 2. The molecule has 1 saturated heterocycles. The maximum atomic E-state index is 12.2. The zero-order chi connectivity index (χ0) is 14.5. The van der Waals surface area contributed by atoms with Gasteiger partial charge < -0.3 is 20.7 Å². The van der Waals surface area contributed by atoms with E-state index in [9.17, 15) is 9.59 Å². The van der Waals surface area contributed by atoms with Crippen LogP contribution >= 0.6 is 0 Å². The molecule has 1 aliphatic heterocycles. The van der Waals surface area contributed by atoms with Crippen LogP contribution < -0.4 is 11.1 Å². The first-order valence-electron chi connectivity index (χ1n) is 6.61. The van der Waals surface area contributed by atoms with Crippen LogP contribution in [-0.2, 0) is 9.53 Å². The number of carbonyl (C=O) groups excluding carboxylic acids is 2. The first kappa shape index (κ1) is 14.3. The third-order valence-electron chi connectivity index (χ3n) is 3.25. The fourth-order valence-electron chi connectivity index (χ4n) is 2.10. The third-order valence-corrected chi connectivity index (χ3v) is 3.25. The molecule has 0 radical (unpaired) electrons. The van der Waals surface area contributed by atoms with Crippen molar-refractivity contribution in [2.75, 3.05) is 32.0 Å². The van der Waals surface area contributed by atoms with Gasteiger partial charge in [0.1, 0.15) is 6.04 Å². The minimum absolute atomic E-state index is 0.101. The van der Waals surface area contributed by atoms with E-state index in [1.807, 2.05) is 0 Å². The second-order valence-electron chi connectivity index (χ2n) is 4.72. The summed E-state index contributed by atoms with van der Waals surface area (Å²) in [6.45, 7) is 3.88. The van der Waals surface area contributed by atoms with E-state index in [-0.39, 0.29) is 11.8 Å². The van der Waals surface area contributed by atoms with Gasteiger partial charge in [0.2, 0.25) is 5.91 Å². The molecule has 1 unspecified atom stereocenters. The van der Waals surface area contributed by atoms with Crippen molar-refractivity contribution in [2.45, 2.75) is 13.0 Å². The monoisotopic (exact) mass is 277 g/mol. The van der Waals surface area contributed by atoms with Gasteiger partial charge in [-0.2, -0.15) is 0 Å². The van der Waals surface area contributed by atoms with Crippen LogP contribution in [0.25, 0.3) is 0 Å². The number of nitrogens with zero attached hydrogens (tertiary/aromatic N) is 1. The number of ether oxygens (including phenoxy) is 1. The van der Waals surface area contributed by atoms with E-state index in [1.54, 1.807) is 36.1 Å². The van der Waals surface area contributed by atoms with Gasteiger partial charge in [-0.25, -0.2) is 0 Å². The molecule has 1 atom stereocenters. The van der Waals surface area contributed by atoms with E-state index in [0.717, 1.165) is 0 Å². The second-order valence-corrected chi connectivity index (χ2v) is 4.72. The Bertz CT molecular complexity index is 498. The highest BCUT2D eigenvalue weighted by Gasteiger charge is 2.24. The van der Waals surface area contributed by atoms with Gasteiger partial charge in [-0.1, -0.05) is 12.1 Å². The van der Waals surface area contributed by atoms with Crippen molar-refractivity contribution >= 4 is 17.5 Å². The van der Waals surface area contributed by atoms with E-state index in [2.05, 4.69) is 5.32 Å². The van der Waals surface area contributed by atoms with Crippen molar-refractivity contribution in [3.63, 3.8) is 0 Å². The molecule has 6 heteroatoms. The molecular formula is C14H19N3O3. The van der Waals surface area contributed by atoms with Crippen molar-refractivity contribution in [1.82, 2.24) is 10.2 Å². The Balaban J connectivity index is 1.97. The molecule has 2 rings (SSSR count). The lowest BCUT2D eigenvalue weighted by molar-refractivity contribution is -0.136. The second kappa shape index (κ2) is 6.38. The number of nitrogens with two attached hydrogens (primary N) is 1. The highest BCUT2D eigenvalue weighted by molar-refractivity contribution is 6.01. The lowest BCUT2D eigenvalue weighted by atomic mass is 10.1. The molecule has 3 N–H and O–H groups in total. The van der Waals surface area contributed by atoms with Gasteiger partial charge in [0.15, 0.2) is 0 Å². The van der Waals surface area contributed by atoms with Crippen LogP contribution in [0.2, 0.25) is 0 Å². The highest BCUT2D eigenvalue weighted by atomic mass is 16.5. The fourth-order valence-corrected chi connectivity index (χ4v) is 2.10. The van der Waals surface area contributed by atoms with Gasteiger partial charge in [-0.15, -0.1) is 0 Å². The molecule has 1 heterocycles. The number of morpholine rings is 1. The van der Waals surface area contributed by atoms with Crippen molar-refractivity contribution in [2.24, 2.45) is 0 Å². The normalized spacial score (nSPS) is 16.6. The smallest absolute Gasteiger partial charge is 0.254 e. The largest absolute Gasteiger partial charge is 0.398 e. The zero-order valence-corrected chi connectivity index (χ0v) is 11.5. The summed E-state index contributed by atoms with van der Waals surface area (Å²) >= 11 is 0. The molecule has 0 bridgehead atoms. The topological polar surface area (TPSA) is 84.7 Å². The number of carbonyl (C=O) groups is 2. The highest BCUT2D eigenvalue weighted by Crippen LogP contribution is 2.10. The third kappa shape index (κ3) is 3.27. The van der Waals surface area contributed by atoms with Crippen molar-refractivity contribution in [3.8, 4) is 0 Å². The van der Waals surface area contributed by atoms with Crippen LogP contribution in [0.4, 0.5) is 5.69 Å². The van der Waals surface area contributed by atoms with Crippen LogP contribution in [0.15, 0.2) is 24.3 Å². The average Bonchev–Trinajstić information content (AvgIpc) is 2.47. The molecule has 1 aliphatic rings. The molecule has 0 spiro atoms. The lowest BCUT2D eigenvalue weighted by Crippen LogP contribution is -2.50. The van der Waals surface area contributed by atoms with Gasteiger partial charge >= 0.3 is 0 Å². The summed E-state index contributed by atoms with van der Waals surface area (Å²) in [6.07, 6.45) is 0. The zero-order valence-electron chi connectivity index (χ0n) is 11.5. The Morgan fingerprint density at radius 2 is 1.95 bits per heavy atom. The Morgan fingerprint density at radius 3 is 2.60 bits per heavy atom. The Morgan fingerprint density at radius 1 is 1.30 bits per heavy atom. The summed E-state index contributed by atoms with van der Waals surface area (Å²) in [7, 11) is 0. The number of rotatable bonds is 3. The van der Waals surface area contributed by atoms with Gasteiger partial charge in [0, 0.05) is 18.8 Å². The van der Waals surface area contributed by atoms with E-state index in [0.29, 0.717) is 37.6 Å². The first-order chi connectivity index (χ1) is 9.59. The number of anilines is 1. The fraction of sp³-hybridized carbons (Fsp3) is 0.429. The average molecular weight is 277 g/mol. The predicted molar refractivity (Wildman–Crippen MR) is 75.2 cm³/mol. The Labute approximate surface area is 117 Å². The summed E-state index contributed by atoms with van der Waals surface area (Å²) < 4.78 is 5.20. The quantitative estimate of drug-likeness (QED) is 0.775. The number of amides is 2. The molecule has 2 amide bonds. The first-order valence-corrected chi connectivity index (χ1v) is 6.61. The maximum absolute atomic E-state index is 12.2. The van der Waals surface area contributed by atoms with E-state index in [1.165, 1.54) is 0 Å². The van der Waals surface area contributed by atoms with Crippen LogP contribution in [0.1, 0.15) is 17.3 Å². The molecule has 1 fully saturated rings. The van der Waals surface area contributed by atoms with E-state index < -0.39 is 6.04 Å². The van der Waals surface area contributed by atoms with Crippen LogP contribution in [0.5, 0.6) is 0 Å².